The van der Waals surface area contributed by atoms with Crippen LogP contribution in [0.5, 0.6) is 0 Å². The minimum atomic E-state index is 0.0497. The van der Waals surface area contributed by atoms with Crippen LogP contribution in [0.1, 0.15) is 112 Å². The Kier molecular flexibility index (Phi) is 5.71. The molecule has 2 aromatic rings. The van der Waals surface area contributed by atoms with E-state index in [-0.39, 0.29) is 16.2 Å². The third kappa shape index (κ3) is 4.15. The zero-order chi connectivity index (χ0) is 25.4. The van der Waals surface area contributed by atoms with Crippen LogP contribution in [0, 0.1) is 15.9 Å². The zero-order valence-corrected chi connectivity index (χ0v) is 23.6. The van der Waals surface area contributed by atoms with Crippen molar-refractivity contribution in [3.63, 3.8) is 0 Å². The lowest BCUT2D eigenvalue weighted by Gasteiger charge is -2.26. The topological polar surface area (TPSA) is 0 Å². The number of hydrogen-bond donors (Lipinski definition) is 0. The molecule has 0 fully saturated rings. The Morgan fingerprint density at radius 3 is 1.94 bits per heavy atom. The van der Waals surface area contributed by atoms with Gasteiger partial charge in [-0.1, -0.05) is 91.7 Å². The number of benzene rings is 2. The summed E-state index contributed by atoms with van der Waals surface area (Å²) in [5.74, 6) is 0. The van der Waals surface area contributed by atoms with Crippen molar-refractivity contribution in [2.45, 2.75) is 100 Å². The fourth-order valence-electron chi connectivity index (χ4n) is 5.41. The molecule has 1 radical (unpaired) electrons. The van der Waals surface area contributed by atoms with Crippen LogP contribution >= 0.6 is 0 Å². The normalized spacial score (nSPS) is 15.8. The minimum absolute atomic E-state index is 0.0497. The Hall–Kier alpha value is -2.34. The van der Waals surface area contributed by atoms with E-state index in [4.69, 9.17) is 0 Å². The molecule has 0 saturated heterocycles. The summed E-state index contributed by atoms with van der Waals surface area (Å²) in [6.45, 7) is 27.9. The second-order valence-electron chi connectivity index (χ2n) is 13.7. The summed E-state index contributed by atoms with van der Waals surface area (Å²) < 4.78 is 0. The lowest BCUT2D eigenvalue weighted by molar-refractivity contribution is 0.497. The second kappa shape index (κ2) is 7.84. The molecule has 0 unspecified atom stereocenters. The van der Waals surface area contributed by atoms with Gasteiger partial charge in [0.05, 0.1) is 0 Å². The predicted molar refractivity (Wildman–Crippen MR) is 149 cm³/mol. The highest BCUT2D eigenvalue weighted by atomic mass is 14.3. The first kappa shape index (κ1) is 24.8. The van der Waals surface area contributed by atoms with Gasteiger partial charge in [0.1, 0.15) is 0 Å². The minimum Gasteiger partial charge on any atom is -0.0683 e. The average Bonchev–Trinajstić information content (AvgIpc) is 3.24. The quantitative estimate of drug-likeness (QED) is 0.352. The molecule has 0 heterocycles. The van der Waals surface area contributed by atoms with Crippen LogP contribution in [0.25, 0.3) is 17.2 Å². The number of rotatable bonds is 1. The fraction of sp³-hybridized carbons (Fsp3) is 0.471. The van der Waals surface area contributed by atoms with Gasteiger partial charge in [-0.15, -0.1) is 0 Å². The Bertz CT molecular complexity index is 1460. The maximum Gasteiger partial charge on any atom is -0.000730 e. The monoisotopic (exact) mass is 451 g/mol. The highest BCUT2D eigenvalue weighted by Gasteiger charge is 2.29. The SMILES string of the molecule is CC1=C(c2c3c(cc(C(C)(C)C)c2=C(C)C)=c2cc(C(C)(C)C)ccc2=[C]3)CC(C(C)(C)C)=C1. The highest BCUT2D eigenvalue weighted by Crippen LogP contribution is 2.42. The molecule has 34 heavy (non-hydrogen) atoms. The van der Waals surface area contributed by atoms with Gasteiger partial charge in [0.25, 0.3) is 0 Å². The van der Waals surface area contributed by atoms with Crippen LogP contribution in [-0.2, 0) is 10.8 Å². The molecule has 2 aliphatic carbocycles. The first-order valence-corrected chi connectivity index (χ1v) is 12.8. The fourth-order valence-corrected chi connectivity index (χ4v) is 5.41. The van der Waals surface area contributed by atoms with E-state index in [9.17, 15) is 0 Å². The lowest BCUT2D eigenvalue weighted by atomic mass is 9.78. The van der Waals surface area contributed by atoms with Crippen LogP contribution in [-0.4, -0.2) is 0 Å². The molecule has 4 rings (SSSR count). The molecule has 0 nitrogen and oxygen atoms in total. The van der Waals surface area contributed by atoms with E-state index < -0.39 is 0 Å². The smallest absolute Gasteiger partial charge is 0.000730 e. The molecule has 179 valence electrons. The highest BCUT2D eigenvalue weighted by molar-refractivity contribution is 5.84. The molecule has 0 spiro atoms. The van der Waals surface area contributed by atoms with E-state index in [1.165, 1.54) is 65.4 Å². The molecule has 0 atom stereocenters. The molecule has 0 heteroatoms. The van der Waals surface area contributed by atoms with E-state index in [0.29, 0.717) is 0 Å². The van der Waals surface area contributed by atoms with Crippen molar-refractivity contribution in [2.75, 3.05) is 0 Å². The first-order chi connectivity index (χ1) is 15.5. The van der Waals surface area contributed by atoms with Crippen molar-refractivity contribution in [1.82, 2.24) is 0 Å². The molecule has 0 aliphatic heterocycles. The summed E-state index contributed by atoms with van der Waals surface area (Å²) in [6, 6.07) is 9.48. The third-order valence-electron chi connectivity index (χ3n) is 7.57. The van der Waals surface area contributed by atoms with Crippen molar-refractivity contribution in [1.29, 1.82) is 0 Å². The Balaban J connectivity index is 2.19. The maximum absolute atomic E-state index is 3.88. The van der Waals surface area contributed by atoms with Crippen LogP contribution in [0.2, 0.25) is 0 Å². The van der Waals surface area contributed by atoms with E-state index in [1.54, 1.807) is 0 Å². The Morgan fingerprint density at radius 2 is 1.44 bits per heavy atom. The van der Waals surface area contributed by atoms with Crippen LogP contribution in [0.15, 0.2) is 41.5 Å². The number of fused-ring (bicyclic) bond motifs is 2. The molecule has 0 saturated carbocycles. The van der Waals surface area contributed by atoms with Gasteiger partial charge in [0.2, 0.25) is 0 Å². The standard InChI is InChI=1S/C34H43/c1-20(2)30-29(34(10,11)12)19-27-26-17-23(32(4,5)6)14-13-22(26)16-28(27)31(30)25-18-24(15-21(25)3)33(7,8)9/h13-15,17,19H,18H2,1-12H3. The average molecular weight is 452 g/mol. The molecular formula is C34H43. The van der Waals surface area contributed by atoms with Crippen LogP contribution < -0.4 is 10.4 Å². The summed E-state index contributed by atoms with van der Waals surface area (Å²) in [5, 5.41) is 5.36. The summed E-state index contributed by atoms with van der Waals surface area (Å²) in [7, 11) is 0. The van der Waals surface area contributed by atoms with Gasteiger partial charge in [0.15, 0.2) is 0 Å². The van der Waals surface area contributed by atoms with Crippen molar-refractivity contribution >= 4 is 17.2 Å². The number of allylic oxidation sites excluding steroid dienone is 4. The molecule has 0 amide bonds. The van der Waals surface area contributed by atoms with Gasteiger partial charge in [-0.2, -0.15) is 0 Å². The van der Waals surface area contributed by atoms with Gasteiger partial charge in [-0.3, -0.25) is 0 Å². The van der Waals surface area contributed by atoms with E-state index in [0.717, 1.165) is 6.42 Å². The van der Waals surface area contributed by atoms with Crippen LogP contribution in [0.3, 0.4) is 0 Å². The Labute approximate surface area is 207 Å². The lowest BCUT2D eigenvalue weighted by Crippen LogP contribution is -2.28. The van der Waals surface area contributed by atoms with Crippen LogP contribution in [0.4, 0.5) is 0 Å². The Morgan fingerprint density at radius 1 is 0.794 bits per heavy atom. The summed E-state index contributed by atoms with van der Waals surface area (Å²) in [5.41, 5.74) is 11.7. The molecule has 0 aromatic heterocycles. The van der Waals surface area contributed by atoms with E-state index >= 15 is 0 Å². The van der Waals surface area contributed by atoms with Crippen molar-refractivity contribution < 1.29 is 0 Å². The summed E-state index contributed by atoms with van der Waals surface area (Å²) in [4.78, 5) is 0. The summed E-state index contributed by atoms with van der Waals surface area (Å²) >= 11 is 0. The third-order valence-corrected chi connectivity index (χ3v) is 7.57. The van der Waals surface area contributed by atoms with E-state index in [2.05, 4.69) is 120 Å². The zero-order valence-electron chi connectivity index (χ0n) is 23.6. The van der Waals surface area contributed by atoms with Gasteiger partial charge in [-0.05, 0) is 116 Å². The summed E-state index contributed by atoms with van der Waals surface area (Å²) in [6.07, 6.45) is 7.35. The van der Waals surface area contributed by atoms with Crippen molar-refractivity contribution in [3.8, 4) is 0 Å². The van der Waals surface area contributed by atoms with Crippen molar-refractivity contribution in [2.24, 2.45) is 5.41 Å². The molecule has 0 N–H and O–H groups in total. The first-order valence-electron chi connectivity index (χ1n) is 12.8. The van der Waals surface area contributed by atoms with Crippen molar-refractivity contribution in [3.05, 3.63) is 84.6 Å². The van der Waals surface area contributed by atoms with Gasteiger partial charge >= 0.3 is 0 Å². The van der Waals surface area contributed by atoms with Gasteiger partial charge in [-0.25, -0.2) is 0 Å². The van der Waals surface area contributed by atoms with Gasteiger partial charge < -0.3 is 0 Å². The molecule has 2 aromatic carbocycles. The maximum atomic E-state index is 3.88. The predicted octanol–water partition coefficient (Wildman–Crippen LogP) is 7.93. The largest absolute Gasteiger partial charge is 0.0683 e. The second-order valence-corrected chi connectivity index (χ2v) is 13.7. The molecular weight excluding hydrogens is 408 g/mol. The molecule has 2 aliphatic rings. The number of hydrogen-bond acceptors (Lipinski definition) is 0. The molecule has 0 bridgehead atoms. The van der Waals surface area contributed by atoms with Gasteiger partial charge in [0, 0.05) is 0 Å². The van der Waals surface area contributed by atoms with E-state index in [1.807, 2.05) is 0 Å².